The Morgan fingerprint density at radius 2 is 2.24 bits per heavy atom. The number of thiazole rings is 1. The Morgan fingerprint density at radius 3 is 2.90 bits per heavy atom. The van der Waals surface area contributed by atoms with Gasteiger partial charge in [-0.25, -0.2) is 4.98 Å². The van der Waals surface area contributed by atoms with Gasteiger partial charge in [-0.15, -0.1) is 11.3 Å². The van der Waals surface area contributed by atoms with Crippen LogP contribution >= 0.6 is 11.3 Å². The molecule has 0 bridgehead atoms. The lowest BCUT2D eigenvalue weighted by Crippen LogP contribution is -2.23. The van der Waals surface area contributed by atoms with Crippen molar-refractivity contribution < 1.29 is 10.0 Å². The van der Waals surface area contributed by atoms with Crippen LogP contribution in [0.5, 0.6) is 0 Å². The molecule has 0 atom stereocenters. The van der Waals surface area contributed by atoms with Crippen LogP contribution in [0.3, 0.4) is 0 Å². The fourth-order valence-electron chi connectivity index (χ4n) is 2.22. The van der Waals surface area contributed by atoms with E-state index in [1.807, 2.05) is 6.07 Å². The van der Waals surface area contributed by atoms with Crippen molar-refractivity contribution in [3.05, 3.63) is 27.8 Å². The van der Waals surface area contributed by atoms with E-state index in [9.17, 15) is 10.1 Å². The van der Waals surface area contributed by atoms with Gasteiger partial charge in [0.25, 0.3) is 0 Å². The number of aromatic nitrogens is 1. The Morgan fingerprint density at radius 1 is 1.48 bits per heavy atom. The van der Waals surface area contributed by atoms with Gasteiger partial charge in [0, 0.05) is 13.2 Å². The summed E-state index contributed by atoms with van der Waals surface area (Å²) in [5, 5.41) is 23.4. The van der Waals surface area contributed by atoms with E-state index in [2.05, 4.69) is 24.1 Å². The molecule has 0 fully saturated rings. The molecule has 2 N–H and O–H groups in total. The predicted molar refractivity (Wildman–Crippen MR) is 84.9 cm³/mol. The van der Waals surface area contributed by atoms with Crippen LogP contribution < -0.4 is 5.32 Å². The molecule has 0 aliphatic rings. The van der Waals surface area contributed by atoms with Gasteiger partial charge in [-0.2, -0.15) is 0 Å². The van der Waals surface area contributed by atoms with Gasteiger partial charge in [0.15, 0.2) is 5.52 Å². The van der Waals surface area contributed by atoms with Crippen LogP contribution in [0.1, 0.15) is 26.7 Å². The van der Waals surface area contributed by atoms with E-state index in [1.165, 1.54) is 11.3 Å². The lowest BCUT2D eigenvalue weighted by molar-refractivity contribution is -0.382. The SMILES string of the molecule is CC(C)(CCCO)CNc1ccc2scnc2c1[N+](=O)[O-]. The summed E-state index contributed by atoms with van der Waals surface area (Å²) in [5.74, 6) is 0. The Balaban J connectivity index is 2.22. The van der Waals surface area contributed by atoms with Crippen molar-refractivity contribution in [2.75, 3.05) is 18.5 Å². The van der Waals surface area contributed by atoms with Crippen molar-refractivity contribution in [1.29, 1.82) is 0 Å². The first-order chi connectivity index (χ1) is 9.94. The molecule has 1 aromatic carbocycles. The Bertz CT molecular complexity index is 639. The third kappa shape index (κ3) is 3.68. The van der Waals surface area contributed by atoms with Gasteiger partial charge in [0.05, 0.1) is 15.1 Å². The average molecular weight is 309 g/mol. The van der Waals surface area contributed by atoms with Crippen LogP contribution in [-0.4, -0.2) is 28.2 Å². The molecule has 0 aliphatic heterocycles. The summed E-state index contributed by atoms with van der Waals surface area (Å²) in [6, 6.07) is 3.59. The van der Waals surface area contributed by atoms with Crippen LogP contribution in [0.2, 0.25) is 0 Å². The molecule has 0 aliphatic carbocycles. The standard InChI is InChI=1S/C14H19N3O3S/c1-14(2,6-3-7-18)8-15-10-4-5-11-12(16-9-21-11)13(10)17(19)20/h4-5,9,15,18H,3,6-8H2,1-2H3. The third-order valence-corrected chi connectivity index (χ3v) is 4.22. The minimum atomic E-state index is -0.384. The first-order valence-electron chi connectivity index (χ1n) is 6.80. The zero-order valence-electron chi connectivity index (χ0n) is 12.1. The molecular formula is C14H19N3O3S. The van der Waals surface area contributed by atoms with Crippen LogP contribution in [-0.2, 0) is 0 Å². The van der Waals surface area contributed by atoms with E-state index in [4.69, 9.17) is 5.11 Å². The molecular weight excluding hydrogens is 290 g/mol. The maximum atomic E-state index is 11.3. The molecule has 0 unspecified atom stereocenters. The van der Waals surface area contributed by atoms with E-state index in [0.717, 1.165) is 17.5 Å². The molecule has 2 aromatic rings. The fraction of sp³-hybridized carbons (Fsp3) is 0.500. The second kappa shape index (κ2) is 6.36. The molecule has 0 saturated heterocycles. The molecule has 114 valence electrons. The van der Waals surface area contributed by atoms with E-state index in [1.54, 1.807) is 11.6 Å². The number of nitrogens with zero attached hydrogens (tertiary/aromatic N) is 2. The summed E-state index contributed by atoms with van der Waals surface area (Å²) in [5.41, 5.74) is 2.53. The predicted octanol–water partition coefficient (Wildman–Crippen LogP) is 3.42. The van der Waals surface area contributed by atoms with Crippen molar-refractivity contribution >= 4 is 32.9 Å². The van der Waals surface area contributed by atoms with Crippen LogP contribution in [0.4, 0.5) is 11.4 Å². The quantitative estimate of drug-likeness (QED) is 0.604. The summed E-state index contributed by atoms with van der Waals surface area (Å²) in [4.78, 5) is 15.0. The lowest BCUT2D eigenvalue weighted by atomic mass is 9.88. The van der Waals surface area contributed by atoms with Crippen molar-refractivity contribution in [3.8, 4) is 0 Å². The fourth-order valence-corrected chi connectivity index (χ4v) is 2.90. The van der Waals surface area contributed by atoms with Gasteiger partial charge in [0.1, 0.15) is 5.69 Å². The minimum absolute atomic E-state index is 0.0340. The van der Waals surface area contributed by atoms with Gasteiger partial charge in [0.2, 0.25) is 0 Å². The van der Waals surface area contributed by atoms with Gasteiger partial charge in [-0.1, -0.05) is 13.8 Å². The number of aliphatic hydroxyl groups excluding tert-OH is 1. The number of nitro groups is 1. The Hall–Kier alpha value is -1.73. The Labute approximate surface area is 127 Å². The van der Waals surface area contributed by atoms with E-state index in [-0.39, 0.29) is 22.6 Å². The van der Waals surface area contributed by atoms with Crippen molar-refractivity contribution in [2.24, 2.45) is 5.41 Å². The van der Waals surface area contributed by atoms with E-state index in [0.29, 0.717) is 17.7 Å². The number of fused-ring (bicyclic) bond motifs is 1. The molecule has 7 heteroatoms. The number of hydrogen-bond acceptors (Lipinski definition) is 6. The summed E-state index contributed by atoms with van der Waals surface area (Å²) in [6.45, 7) is 4.91. The number of aliphatic hydroxyl groups is 1. The van der Waals surface area contributed by atoms with Crippen molar-refractivity contribution in [2.45, 2.75) is 26.7 Å². The molecule has 0 radical (unpaired) electrons. The topological polar surface area (TPSA) is 88.3 Å². The third-order valence-electron chi connectivity index (χ3n) is 3.43. The van der Waals surface area contributed by atoms with Gasteiger partial charge in [-0.3, -0.25) is 10.1 Å². The first-order valence-corrected chi connectivity index (χ1v) is 7.68. The summed E-state index contributed by atoms with van der Waals surface area (Å²) in [7, 11) is 0. The zero-order valence-corrected chi connectivity index (χ0v) is 12.9. The van der Waals surface area contributed by atoms with Crippen LogP contribution in [0.25, 0.3) is 10.2 Å². The molecule has 21 heavy (non-hydrogen) atoms. The maximum Gasteiger partial charge on any atom is 0.319 e. The number of nitro benzene ring substituents is 1. The molecule has 0 saturated carbocycles. The molecule has 0 amide bonds. The van der Waals surface area contributed by atoms with E-state index >= 15 is 0 Å². The molecule has 2 rings (SSSR count). The largest absolute Gasteiger partial charge is 0.396 e. The zero-order chi connectivity index (χ0) is 15.5. The molecule has 1 heterocycles. The molecule has 1 aromatic heterocycles. The van der Waals surface area contributed by atoms with Gasteiger partial charge < -0.3 is 10.4 Å². The summed E-state index contributed by atoms with van der Waals surface area (Å²) >= 11 is 1.39. The highest BCUT2D eigenvalue weighted by Crippen LogP contribution is 2.35. The minimum Gasteiger partial charge on any atom is -0.396 e. The average Bonchev–Trinajstić information content (AvgIpc) is 2.90. The number of hydrogen-bond donors (Lipinski definition) is 2. The molecule has 0 spiro atoms. The van der Waals surface area contributed by atoms with Crippen LogP contribution in [0.15, 0.2) is 17.6 Å². The first kappa shape index (κ1) is 15.7. The van der Waals surface area contributed by atoms with E-state index < -0.39 is 0 Å². The molecule has 6 nitrogen and oxygen atoms in total. The van der Waals surface area contributed by atoms with Crippen molar-refractivity contribution in [3.63, 3.8) is 0 Å². The number of anilines is 1. The van der Waals surface area contributed by atoms with Gasteiger partial charge >= 0.3 is 5.69 Å². The second-order valence-electron chi connectivity index (χ2n) is 5.76. The summed E-state index contributed by atoms with van der Waals surface area (Å²) < 4.78 is 0.812. The number of rotatable bonds is 7. The van der Waals surface area contributed by atoms with Gasteiger partial charge in [-0.05, 0) is 30.4 Å². The maximum absolute atomic E-state index is 11.3. The Kier molecular flexibility index (Phi) is 4.74. The van der Waals surface area contributed by atoms with Crippen LogP contribution in [0, 0.1) is 15.5 Å². The summed E-state index contributed by atoms with van der Waals surface area (Å²) in [6.07, 6.45) is 1.57. The monoisotopic (exact) mass is 309 g/mol. The number of benzene rings is 1. The highest BCUT2D eigenvalue weighted by atomic mass is 32.1. The lowest BCUT2D eigenvalue weighted by Gasteiger charge is -2.25. The highest BCUT2D eigenvalue weighted by molar-refractivity contribution is 7.16. The normalized spacial score (nSPS) is 11.8. The van der Waals surface area contributed by atoms with Crippen molar-refractivity contribution in [1.82, 2.24) is 4.98 Å². The number of nitrogens with one attached hydrogen (secondary N) is 1. The second-order valence-corrected chi connectivity index (χ2v) is 6.65. The smallest absolute Gasteiger partial charge is 0.319 e. The highest BCUT2D eigenvalue weighted by Gasteiger charge is 2.23.